The van der Waals surface area contributed by atoms with Gasteiger partial charge in [0.15, 0.2) is 17.6 Å². The lowest BCUT2D eigenvalue weighted by molar-refractivity contribution is 0.0922. The van der Waals surface area contributed by atoms with Crippen molar-refractivity contribution < 1.29 is 14.3 Å². The number of anilines is 1. The van der Waals surface area contributed by atoms with Gasteiger partial charge in [0.25, 0.3) is 0 Å². The Hall–Kier alpha value is -2.40. The van der Waals surface area contributed by atoms with Gasteiger partial charge in [0.1, 0.15) is 6.61 Å². The molecule has 2 aromatic carbocycles. The molecule has 0 spiro atoms. The van der Waals surface area contributed by atoms with Gasteiger partial charge in [-0.25, -0.2) is 4.79 Å². The van der Waals surface area contributed by atoms with Crippen molar-refractivity contribution in [2.24, 2.45) is 0 Å². The topological polar surface area (TPSA) is 59.6 Å². The molecule has 0 saturated heterocycles. The van der Waals surface area contributed by atoms with E-state index in [4.69, 9.17) is 21.1 Å². The van der Waals surface area contributed by atoms with Crippen LogP contribution in [-0.2, 0) is 0 Å². The minimum absolute atomic E-state index is 0.225. The number of amides is 2. The van der Waals surface area contributed by atoms with E-state index in [-0.39, 0.29) is 12.1 Å². The number of halogens is 1. The molecule has 1 heterocycles. The fourth-order valence-corrected chi connectivity index (χ4v) is 2.40. The largest absolute Gasteiger partial charge is 0.486 e. The number of rotatable bonds is 3. The van der Waals surface area contributed by atoms with Gasteiger partial charge in [-0.05, 0) is 36.8 Å². The zero-order valence-corrected chi connectivity index (χ0v) is 13.4. The molecule has 2 amide bonds. The first kappa shape index (κ1) is 15.5. The summed E-state index contributed by atoms with van der Waals surface area (Å²) >= 11 is 6.04. The molecule has 0 saturated carbocycles. The predicted molar refractivity (Wildman–Crippen MR) is 89.6 cm³/mol. The first-order valence-electron chi connectivity index (χ1n) is 7.31. The molecule has 0 aromatic heterocycles. The van der Waals surface area contributed by atoms with Crippen LogP contribution in [0, 0.1) is 6.92 Å². The number of aryl methyl sites for hydroxylation is 1. The molecule has 0 radical (unpaired) electrons. The van der Waals surface area contributed by atoms with Gasteiger partial charge < -0.3 is 20.1 Å². The molecule has 120 valence electrons. The molecule has 1 aliphatic heterocycles. The number of urea groups is 1. The molecule has 1 aliphatic rings. The van der Waals surface area contributed by atoms with Gasteiger partial charge in [-0.2, -0.15) is 0 Å². The Kier molecular flexibility index (Phi) is 4.57. The highest BCUT2D eigenvalue weighted by Gasteiger charge is 2.20. The number of para-hydroxylation sites is 2. The van der Waals surface area contributed by atoms with Crippen LogP contribution in [0.2, 0.25) is 5.02 Å². The Balaban J connectivity index is 1.51. The highest BCUT2D eigenvalue weighted by Crippen LogP contribution is 2.30. The number of carbonyl (C=O) groups excluding carboxylic acids is 1. The maximum Gasteiger partial charge on any atom is 0.319 e. The molecule has 1 atom stereocenters. The summed E-state index contributed by atoms with van der Waals surface area (Å²) in [4.78, 5) is 11.9. The van der Waals surface area contributed by atoms with Crippen LogP contribution >= 0.6 is 11.6 Å². The van der Waals surface area contributed by atoms with Crippen molar-refractivity contribution in [3.05, 3.63) is 53.1 Å². The van der Waals surface area contributed by atoms with Crippen LogP contribution in [-0.4, -0.2) is 25.3 Å². The van der Waals surface area contributed by atoms with Crippen molar-refractivity contribution in [2.75, 3.05) is 18.5 Å². The summed E-state index contributed by atoms with van der Waals surface area (Å²) < 4.78 is 11.4. The van der Waals surface area contributed by atoms with Crippen molar-refractivity contribution in [1.82, 2.24) is 5.32 Å². The third-order valence-electron chi connectivity index (χ3n) is 3.49. The third-order valence-corrected chi connectivity index (χ3v) is 3.89. The van der Waals surface area contributed by atoms with Gasteiger partial charge in [0, 0.05) is 10.7 Å². The maximum absolute atomic E-state index is 11.9. The fourth-order valence-electron chi connectivity index (χ4n) is 2.22. The van der Waals surface area contributed by atoms with Crippen LogP contribution in [0.1, 0.15) is 5.56 Å². The monoisotopic (exact) mass is 332 g/mol. The molecule has 0 fully saturated rings. The van der Waals surface area contributed by atoms with Crippen molar-refractivity contribution in [3.63, 3.8) is 0 Å². The van der Waals surface area contributed by atoms with Crippen LogP contribution in [0.25, 0.3) is 0 Å². The van der Waals surface area contributed by atoms with E-state index in [0.717, 1.165) is 11.3 Å². The summed E-state index contributed by atoms with van der Waals surface area (Å²) in [5, 5.41) is 6.12. The van der Waals surface area contributed by atoms with E-state index in [1.807, 2.05) is 37.3 Å². The predicted octanol–water partition coefficient (Wildman–Crippen LogP) is 3.61. The molecule has 3 rings (SSSR count). The maximum atomic E-state index is 11.9. The summed E-state index contributed by atoms with van der Waals surface area (Å²) in [5.74, 6) is 1.42. The quantitative estimate of drug-likeness (QED) is 0.902. The van der Waals surface area contributed by atoms with E-state index < -0.39 is 0 Å². The van der Waals surface area contributed by atoms with E-state index in [2.05, 4.69) is 10.6 Å². The molecular weight excluding hydrogens is 316 g/mol. The van der Waals surface area contributed by atoms with Crippen LogP contribution in [0.4, 0.5) is 10.5 Å². The second kappa shape index (κ2) is 6.79. The molecular formula is C17H17ClN2O3. The van der Waals surface area contributed by atoms with Gasteiger partial charge in [0.2, 0.25) is 0 Å². The zero-order valence-electron chi connectivity index (χ0n) is 12.6. The molecule has 0 bridgehead atoms. The number of ether oxygens (including phenoxy) is 2. The number of fused-ring (bicyclic) bond motifs is 1. The Bertz CT molecular complexity index is 721. The second-order valence-corrected chi connectivity index (χ2v) is 5.70. The van der Waals surface area contributed by atoms with E-state index in [1.54, 1.807) is 12.1 Å². The van der Waals surface area contributed by atoms with Crippen molar-refractivity contribution >= 4 is 23.3 Å². The van der Waals surface area contributed by atoms with E-state index in [0.29, 0.717) is 29.6 Å². The minimum Gasteiger partial charge on any atom is -0.486 e. The van der Waals surface area contributed by atoms with Crippen LogP contribution in [0.5, 0.6) is 11.5 Å². The number of carbonyl (C=O) groups is 1. The summed E-state index contributed by atoms with van der Waals surface area (Å²) in [5.41, 5.74) is 1.60. The normalized spacial score (nSPS) is 15.8. The smallest absolute Gasteiger partial charge is 0.319 e. The Labute approximate surface area is 139 Å². The van der Waals surface area contributed by atoms with Gasteiger partial charge in [-0.15, -0.1) is 0 Å². The molecule has 2 N–H and O–H groups in total. The summed E-state index contributed by atoms with van der Waals surface area (Å²) in [6, 6.07) is 12.5. The van der Waals surface area contributed by atoms with Gasteiger partial charge in [-0.3, -0.25) is 0 Å². The molecule has 6 heteroatoms. The van der Waals surface area contributed by atoms with Crippen LogP contribution in [0.3, 0.4) is 0 Å². The Morgan fingerprint density at radius 1 is 1.26 bits per heavy atom. The molecule has 23 heavy (non-hydrogen) atoms. The Morgan fingerprint density at radius 3 is 2.83 bits per heavy atom. The second-order valence-electron chi connectivity index (χ2n) is 5.30. The van der Waals surface area contributed by atoms with Crippen molar-refractivity contribution in [2.45, 2.75) is 13.0 Å². The highest BCUT2D eigenvalue weighted by atomic mass is 35.5. The lowest BCUT2D eigenvalue weighted by Crippen LogP contribution is -2.42. The summed E-state index contributed by atoms with van der Waals surface area (Å²) in [7, 11) is 0. The average molecular weight is 333 g/mol. The average Bonchev–Trinajstić information content (AvgIpc) is 2.56. The van der Waals surface area contributed by atoms with Crippen molar-refractivity contribution in [1.29, 1.82) is 0 Å². The van der Waals surface area contributed by atoms with Crippen LogP contribution in [0.15, 0.2) is 42.5 Å². The lowest BCUT2D eigenvalue weighted by atomic mass is 10.2. The molecule has 5 nitrogen and oxygen atoms in total. The van der Waals surface area contributed by atoms with Gasteiger partial charge in [0.05, 0.1) is 6.54 Å². The first-order chi connectivity index (χ1) is 11.1. The summed E-state index contributed by atoms with van der Waals surface area (Å²) in [6.07, 6.45) is -0.225. The lowest BCUT2D eigenvalue weighted by Gasteiger charge is -2.26. The minimum atomic E-state index is -0.313. The number of hydrogen-bond acceptors (Lipinski definition) is 3. The van der Waals surface area contributed by atoms with E-state index in [9.17, 15) is 4.79 Å². The number of nitrogens with one attached hydrogen (secondary N) is 2. The molecule has 1 unspecified atom stereocenters. The van der Waals surface area contributed by atoms with Gasteiger partial charge in [-0.1, -0.05) is 29.8 Å². The highest BCUT2D eigenvalue weighted by molar-refractivity contribution is 6.31. The molecule has 2 aromatic rings. The van der Waals surface area contributed by atoms with Crippen molar-refractivity contribution in [3.8, 4) is 11.5 Å². The number of benzene rings is 2. The summed E-state index contributed by atoms with van der Waals surface area (Å²) in [6.45, 7) is 2.65. The SMILES string of the molecule is Cc1ccc(NC(=O)NCC2COc3ccccc3O2)cc1Cl. The fraction of sp³-hybridized carbons (Fsp3) is 0.235. The molecule has 0 aliphatic carbocycles. The standard InChI is InChI=1S/C17H17ClN2O3/c1-11-6-7-12(8-14(11)18)20-17(21)19-9-13-10-22-15-4-2-3-5-16(15)23-13/h2-8,13H,9-10H2,1H3,(H2,19,20,21). The van der Waals surface area contributed by atoms with Gasteiger partial charge >= 0.3 is 6.03 Å². The first-order valence-corrected chi connectivity index (χ1v) is 7.69. The van der Waals surface area contributed by atoms with Crippen LogP contribution < -0.4 is 20.1 Å². The van der Waals surface area contributed by atoms with E-state index in [1.165, 1.54) is 0 Å². The van der Waals surface area contributed by atoms with E-state index >= 15 is 0 Å². The third kappa shape index (κ3) is 3.87. The number of hydrogen-bond donors (Lipinski definition) is 2. The zero-order chi connectivity index (χ0) is 16.2. The Morgan fingerprint density at radius 2 is 2.04 bits per heavy atom.